The number of benzene rings is 7. The first-order valence-electron chi connectivity index (χ1n) is 23.2. The van der Waals surface area contributed by atoms with Crippen LogP contribution in [-0.2, 0) is 17.3 Å². The van der Waals surface area contributed by atoms with Gasteiger partial charge in [-0.2, -0.15) is 0 Å². The summed E-state index contributed by atoms with van der Waals surface area (Å²) < 4.78 is 2.70. The van der Waals surface area contributed by atoms with Gasteiger partial charge in [0.05, 0.1) is 0 Å². The highest BCUT2D eigenvalue weighted by molar-refractivity contribution is 7.25. The summed E-state index contributed by atoms with van der Waals surface area (Å²) in [6, 6.07) is 58.4. The minimum Gasteiger partial charge on any atom is -0.310 e. The number of fused-ring (bicyclic) bond motifs is 3. The molecule has 8 aromatic rings. The Labute approximate surface area is 372 Å². The van der Waals surface area contributed by atoms with Gasteiger partial charge in [-0.15, -0.1) is 11.3 Å². The van der Waals surface area contributed by atoms with Crippen molar-refractivity contribution >= 4 is 54.6 Å². The van der Waals surface area contributed by atoms with Crippen molar-refractivity contribution in [1.29, 1.82) is 0 Å². The van der Waals surface area contributed by atoms with Crippen LogP contribution in [0.4, 0.5) is 17.1 Å². The molecule has 0 amide bonds. The number of unbranched alkanes of at least 4 members (excludes halogenated alkanes) is 1. The first-order chi connectivity index (χ1) is 30.3. The quantitative estimate of drug-likeness (QED) is 0.126. The molecule has 0 spiro atoms. The molecule has 4 fully saturated rings. The molecule has 0 radical (unpaired) electrons. The van der Waals surface area contributed by atoms with Crippen molar-refractivity contribution in [2.75, 3.05) is 4.90 Å². The highest BCUT2D eigenvalue weighted by Crippen LogP contribution is 2.66. The van der Waals surface area contributed by atoms with Crippen molar-refractivity contribution in [2.24, 2.45) is 11.8 Å². The van der Waals surface area contributed by atoms with Gasteiger partial charge in [0, 0.05) is 37.2 Å². The van der Waals surface area contributed by atoms with Crippen LogP contribution in [0.5, 0.6) is 0 Å². The third-order valence-electron chi connectivity index (χ3n) is 15.3. The van der Waals surface area contributed by atoms with E-state index in [1.54, 1.807) is 11.1 Å². The van der Waals surface area contributed by atoms with Crippen molar-refractivity contribution in [2.45, 2.75) is 89.4 Å². The summed E-state index contributed by atoms with van der Waals surface area (Å²) in [7, 11) is 0. The maximum Gasteiger partial charge on any atom is 0.0464 e. The Bertz CT molecular complexity index is 2930. The first-order valence-corrected chi connectivity index (χ1v) is 24.0. The number of thiophene rings is 1. The molecule has 62 heavy (non-hydrogen) atoms. The number of aryl methyl sites for hydroxylation is 3. The molecule has 12 rings (SSSR count). The third-order valence-corrected chi connectivity index (χ3v) is 16.4. The summed E-state index contributed by atoms with van der Waals surface area (Å²) in [4.78, 5) is 2.48. The zero-order valence-corrected chi connectivity index (χ0v) is 37.4. The van der Waals surface area contributed by atoms with Crippen LogP contribution in [0.1, 0.15) is 91.7 Å². The summed E-state index contributed by atoms with van der Waals surface area (Å²) in [5.74, 6) is 1.63. The second kappa shape index (κ2) is 15.6. The molecule has 0 saturated heterocycles. The van der Waals surface area contributed by atoms with Crippen molar-refractivity contribution in [1.82, 2.24) is 0 Å². The molecule has 1 heterocycles. The average molecular weight is 824 g/mol. The molecule has 2 atom stereocenters. The van der Waals surface area contributed by atoms with E-state index in [1.807, 2.05) is 17.4 Å². The molecule has 1 aromatic heterocycles. The van der Waals surface area contributed by atoms with Gasteiger partial charge in [0.25, 0.3) is 0 Å². The summed E-state index contributed by atoms with van der Waals surface area (Å²) in [5, 5.41) is 2.69. The van der Waals surface area contributed by atoms with Crippen LogP contribution in [0.2, 0.25) is 0 Å². The van der Waals surface area contributed by atoms with E-state index in [0.29, 0.717) is 5.41 Å². The highest BCUT2D eigenvalue weighted by Gasteiger charge is 2.58. The molecule has 308 valence electrons. The second-order valence-corrected chi connectivity index (χ2v) is 20.4. The molecule has 4 aliphatic carbocycles. The van der Waals surface area contributed by atoms with Gasteiger partial charge < -0.3 is 4.90 Å². The minimum atomic E-state index is 0.252. The van der Waals surface area contributed by atoms with Crippen molar-refractivity contribution in [3.63, 3.8) is 0 Å². The normalized spacial score (nSPS) is 21.5. The topological polar surface area (TPSA) is 3.24 Å². The Kier molecular flexibility index (Phi) is 9.84. The molecule has 1 nitrogen and oxygen atoms in total. The lowest BCUT2D eigenvalue weighted by molar-refractivity contribution is -0.0281. The van der Waals surface area contributed by atoms with Crippen LogP contribution >= 0.6 is 11.3 Å². The van der Waals surface area contributed by atoms with Crippen LogP contribution < -0.4 is 4.90 Å². The molecule has 2 heteroatoms. The molecular formula is C60H57NS. The monoisotopic (exact) mass is 823 g/mol. The maximum atomic E-state index is 4.02. The van der Waals surface area contributed by atoms with E-state index in [0.717, 1.165) is 18.3 Å². The Hall–Kier alpha value is -5.70. The molecule has 0 aliphatic heterocycles. The Morgan fingerprint density at radius 2 is 1.16 bits per heavy atom. The van der Waals surface area contributed by atoms with Crippen LogP contribution in [0.15, 0.2) is 158 Å². The molecule has 2 unspecified atom stereocenters. The van der Waals surface area contributed by atoms with Crippen LogP contribution in [0, 0.1) is 25.7 Å². The standard InChI is InChI=1S/C60H57NS/c1-5-7-10-43-15-23-50(24-16-43)61(51-25-21-49(22-26-51)60-37-44-33-45(38-60)36-59(35-44,39-60)48-19-13-42(6-2)14-20-48)52-27-29-54(41(4)32-52)53-28-17-46(31-40(53)3)47-18-30-58-56(34-47)55-11-8-9-12-57(55)62-58/h6,8-9,11-32,34,44-45H,2,5,7,10,33,35-39H2,1,3-4H3. The van der Waals surface area contributed by atoms with Gasteiger partial charge in [-0.1, -0.05) is 123 Å². The van der Waals surface area contributed by atoms with E-state index in [2.05, 4.69) is 184 Å². The number of hydrogen-bond donors (Lipinski definition) is 0. The highest BCUT2D eigenvalue weighted by atomic mass is 32.1. The van der Waals surface area contributed by atoms with E-state index in [-0.39, 0.29) is 5.41 Å². The predicted molar refractivity (Wildman–Crippen MR) is 268 cm³/mol. The van der Waals surface area contributed by atoms with E-state index in [1.165, 1.54) is 133 Å². The zero-order valence-electron chi connectivity index (χ0n) is 36.6. The van der Waals surface area contributed by atoms with Gasteiger partial charge in [0.15, 0.2) is 0 Å². The largest absolute Gasteiger partial charge is 0.310 e. The van der Waals surface area contributed by atoms with Crippen LogP contribution in [0.3, 0.4) is 0 Å². The molecular weight excluding hydrogens is 767 g/mol. The van der Waals surface area contributed by atoms with E-state index < -0.39 is 0 Å². The fraction of sp³-hybridized carbons (Fsp3) is 0.267. The second-order valence-electron chi connectivity index (χ2n) is 19.3. The van der Waals surface area contributed by atoms with Gasteiger partial charge in [-0.25, -0.2) is 0 Å². The van der Waals surface area contributed by atoms with Crippen molar-refractivity contribution in [3.05, 3.63) is 192 Å². The number of rotatable bonds is 11. The molecule has 4 aliphatic rings. The zero-order chi connectivity index (χ0) is 42.0. The Morgan fingerprint density at radius 1 is 0.597 bits per heavy atom. The molecule has 7 aromatic carbocycles. The number of hydrogen-bond acceptors (Lipinski definition) is 2. The fourth-order valence-corrected chi connectivity index (χ4v) is 13.7. The Morgan fingerprint density at radius 3 is 1.81 bits per heavy atom. The summed E-state index contributed by atoms with van der Waals surface area (Å²) in [5.41, 5.74) is 17.6. The Balaban J connectivity index is 0.916. The fourth-order valence-electron chi connectivity index (χ4n) is 12.7. The van der Waals surface area contributed by atoms with E-state index in [4.69, 9.17) is 0 Å². The van der Waals surface area contributed by atoms with Gasteiger partial charge in [0.1, 0.15) is 0 Å². The van der Waals surface area contributed by atoms with Crippen molar-refractivity contribution in [3.8, 4) is 22.3 Å². The first kappa shape index (κ1) is 39.2. The molecule has 4 saturated carbocycles. The van der Waals surface area contributed by atoms with E-state index >= 15 is 0 Å². The van der Waals surface area contributed by atoms with Crippen molar-refractivity contribution < 1.29 is 0 Å². The minimum absolute atomic E-state index is 0.252. The summed E-state index contributed by atoms with van der Waals surface area (Å²) in [6.45, 7) is 10.8. The molecule has 4 bridgehead atoms. The smallest absolute Gasteiger partial charge is 0.0464 e. The lowest BCUT2D eigenvalue weighted by Crippen LogP contribution is -2.55. The van der Waals surface area contributed by atoms with Crippen LogP contribution in [0.25, 0.3) is 48.5 Å². The number of anilines is 3. The van der Waals surface area contributed by atoms with Gasteiger partial charge in [-0.05, 0) is 198 Å². The summed E-state index contributed by atoms with van der Waals surface area (Å²) >= 11 is 1.88. The lowest BCUT2D eigenvalue weighted by atomic mass is 9.42. The predicted octanol–water partition coefficient (Wildman–Crippen LogP) is 17.3. The van der Waals surface area contributed by atoms with Gasteiger partial charge in [0.2, 0.25) is 0 Å². The maximum absolute atomic E-state index is 4.02. The van der Waals surface area contributed by atoms with Crippen LogP contribution in [-0.4, -0.2) is 0 Å². The SMILES string of the molecule is C=Cc1ccc(C23CC4CC(C2)CC(c2ccc(N(c5ccc(CCCC)cc5)c5ccc(-c6ccc(-c7ccc8sc9ccccc9c8c7)cc6C)c(C)c5)cc2)(C4)C3)cc1. The van der Waals surface area contributed by atoms with E-state index in [9.17, 15) is 0 Å². The average Bonchev–Trinajstić information content (AvgIpc) is 3.67. The number of nitrogens with zero attached hydrogens (tertiary/aromatic N) is 1. The molecule has 0 N–H and O–H groups in total. The lowest BCUT2D eigenvalue weighted by Gasteiger charge is -2.63. The summed E-state index contributed by atoms with van der Waals surface area (Å²) in [6.07, 6.45) is 13.6. The van der Waals surface area contributed by atoms with Gasteiger partial charge >= 0.3 is 0 Å². The third kappa shape index (κ3) is 6.83. The van der Waals surface area contributed by atoms with Gasteiger partial charge in [-0.3, -0.25) is 0 Å².